The Labute approximate surface area is 105 Å². The lowest BCUT2D eigenvalue weighted by Crippen LogP contribution is -2.21. The molecule has 0 unspecified atom stereocenters. The molecule has 4 heteroatoms. The number of ether oxygens (including phenoxy) is 3. The second kappa shape index (κ2) is 17.7. The van der Waals surface area contributed by atoms with Gasteiger partial charge in [-0.1, -0.05) is 12.2 Å². The van der Waals surface area contributed by atoms with E-state index in [0.717, 1.165) is 13.2 Å². The minimum absolute atomic E-state index is 0.281. The van der Waals surface area contributed by atoms with Crippen molar-refractivity contribution >= 4 is 0 Å². The van der Waals surface area contributed by atoms with Crippen LogP contribution in [0, 0.1) is 0 Å². The van der Waals surface area contributed by atoms with E-state index in [-0.39, 0.29) is 13.2 Å². The van der Waals surface area contributed by atoms with Crippen molar-refractivity contribution in [1.29, 1.82) is 0 Å². The lowest BCUT2D eigenvalue weighted by atomic mass is 10.4. The molecule has 1 N–H and O–H groups in total. The zero-order valence-electron chi connectivity index (χ0n) is 11.1. The summed E-state index contributed by atoms with van der Waals surface area (Å²) in [4.78, 5) is 0. The average molecular weight is 246 g/mol. The maximum Gasteiger partial charge on any atom is 0.101 e. The van der Waals surface area contributed by atoms with E-state index in [1.54, 1.807) is 12.2 Å². The third-order valence-electron chi connectivity index (χ3n) is 1.50. The minimum Gasteiger partial charge on any atom is -0.388 e. The van der Waals surface area contributed by atoms with E-state index in [1.807, 2.05) is 13.8 Å². The predicted molar refractivity (Wildman–Crippen MR) is 70.2 cm³/mol. The molecule has 0 spiro atoms. The van der Waals surface area contributed by atoms with Crippen LogP contribution in [0.1, 0.15) is 13.8 Å². The lowest BCUT2D eigenvalue weighted by molar-refractivity contribution is -0.00645. The van der Waals surface area contributed by atoms with Gasteiger partial charge in [-0.3, -0.25) is 0 Å². The van der Waals surface area contributed by atoms with Gasteiger partial charge in [-0.25, -0.2) is 0 Å². The Bertz CT molecular complexity index is 143. The molecule has 0 amide bonds. The molecule has 0 atom stereocenters. The summed E-state index contributed by atoms with van der Waals surface area (Å²) in [5.74, 6) is 0. The Morgan fingerprint density at radius 2 is 1.35 bits per heavy atom. The fourth-order valence-corrected chi connectivity index (χ4v) is 0.827. The minimum atomic E-state index is -0.565. The van der Waals surface area contributed by atoms with E-state index in [2.05, 4.69) is 13.2 Å². The summed E-state index contributed by atoms with van der Waals surface area (Å²) in [6, 6.07) is 0. The van der Waals surface area contributed by atoms with E-state index < -0.39 is 6.10 Å². The molecule has 0 aromatic carbocycles. The zero-order valence-corrected chi connectivity index (χ0v) is 11.1. The molecule has 0 aromatic heterocycles. The van der Waals surface area contributed by atoms with Crippen molar-refractivity contribution in [3.63, 3.8) is 0 Å². The Hall–Kier alpha value is -0.680. The smallest absolute Gasteiger partial charge is 0.101 e. The Kier molecular flexibility index (Phi) is 19.5. The molecule has 0 saturated heterocycles. The van der Waals surface area contributed by atoms with E-state index in [9.17, 15) is 5.11 Å². The average Bonchev–Trinajstić information content (AvgIpc) is 2.32. The SMILES string of the molecule is C=CCOCC(O)COCC=C.CCOCC. The molecule has 102 valence electrons. The highest BCUT2D eigenvalue weighted by molar-refractivity contribution is 4.66. The highest BCUT2D eigenvalue weighted by Gasteiger charge is 2.02. The van der Waals surface area contributed by atoms with Gasteiger partial charge in [0.2, 0.25) is 0 Å². The summed E-state index contributed by atoms with van der Waals surface area (Å²) >= 11 is 0. The van der Waals surface area contributed by atoms with Crippen LogP contribution in [0.25, 0.3) is 0 Å². The second-order valence-electron chi connectivity index (χ2n) is 3.09. The highest BCUT2D eigenvalue weighted by atomic mass is 16.5. The number of aliphatic hydroxyl groups is 1. The van der Waals surface area contributed by atoms with Crippen molar-refractivity contribution in [2.24, 2.45) is 0 Å². The molecule has 0 fully saturated rings. The molecule has 0 rings (SSSR count). The van der Waals surface area contributed by atoms with Crippen LogP contribution in [0.15, 0.2) is 25.3 Å². The van der Waals surface area contributed by atoms with Crippen LogP contribution in [0.3, 0.4) is 0 Å². The maximum atomic E-state index is 9.18. The summed E-state index contributed by atoms with van der Waals surface area (Å²) in [7, 11) is 0. The van der Waals surface area contributed by atoms with Gasteiger partial charge >= 0.3 is 0 Å². The number of hydrogen-bond acceptors (Lipinski definition) is 4. The van der Waals surface area contributed by atoms with Crippen LogP contribution in [0.5, 0.6) is 0 Å². The molecule has 4 nitrogen and oxygen atoms in total. The van der Waals surface area contributed by atoms with E-state index >= 15 is 0 Å². The van der Waals surface area contributed by atoms with Gasteiger partial charge in [0, 0.05) is 13.2 Å². The fraction of sp³-hybridized carbons (Fsp3) is 0.692. The first kappa shape index (κ1) is 18.7. The van der Waals surface area contributed by atoms with Crippen molar-refractivity contribution in [3.05, 3.63) is 25.3 Å². The van der Waals surface area contributed by atoms with Crippen molar-refractivity contribution in [1.82, 2.24) is 0 Å². The quantitative estimate of drug-likeness (QED) is 0.471. The van der Waals surface area contributed by atoms with Gasteiger partial charge in [0.05, 0.1) is 26.4 Å². The van der Waals surface area contributed by atoms with Gasteiger partial charge in [0.15, 0.2) is 0 Å². The molecule has 0 radical (unpaired) electrons. The predicted octanol–water partition coefficient (Wildman–Crippen LogP) is 1.80. The van der Waals surface area contributed by atoms with Crippen LogP contribution < -0.4 is 0 Å². The van der Waals surface area contributed by atoms with E-state index in [1.165, 1.54) is 0 Å². The first-order valence-corrected chi connectivity index (χ1v) is 5.85. The van der Waals surface area contributed by atoms with E-state index in [4.69, 9.17) is 14.2 Å². The van der Waals surface area contributed by atoms with Crippen molar-refractivity contribution in [3.8, 4) is 0 Å². The van der Waals surface area contributed by atoms with Crippen LogP contribution in [-0.4, -0.2) is 50.9 Å². The standard InChI is InChI=1S/C9H16O3.C4H10O/c1-3-5-11-7-9(10)8-12-6-4-2;1-3-5-4-2/h3-4,9-10H,1-2,5-8H2;3-4H2,1-2H3. The topological polar surface area (TPSA) is 47.9 Å². The Morgan fingerprint density at radius 1 is 0.941 bits per heavy atom. The number of rotatable bonds is 10. The number of aliphatic hydroxyl groups excluding tert-OH is 1. The molecule has 0 aliphatic heterocycles. The van der Waals surface area contributed by atoms with Gasteiger partial charge in [0.25, 0.3) is 0 Å². The summed E-state index contributed by atoms with van der Waals surface area (Å²) in [5, 5.41) is 9.18. The maximum absolute atomic E-state index is 9.18. The Balaban J connectivity index is 0. The Morgan fingerprint density at radius 3 is 1.59 bits per heavy atom. The summed E-state index contributed by atoms with van der Waals surface area (Å²) in [6.07, 6.45) is 2.71. The molecular weight excluding hydrogens is 220 g/mol. The van der Waals surface area contributed by atoms with Gasteiger partial charge in [-0.05, 0) is 13.8 Å². The number of hydrogen-bond donors (Lipinski definition) is 1. The van der Waals surface area contributed by atoms with Gasteiger partial charge in [-0.2, -0.15) is 0 Å². The molecule has 0 aromatic rings. The van der Waals surface area contributed by atoms with Crippen molar-refractivity contribution in [2.45, 2.75) is 20.0 Å². The molecule has 0 aliphatic rings. The van der Waals surface area contributed by atoms with Gasteiger partial charge in [-0.15, -0.1) is 13.2 Å². The normalized spacial score (nSPS) is 9.65. The van der Waals surface area contributed by atoms with Gasteiger partial charge in [0.1, 0.15) is 6.10 Å². The zero-order chi connectivity index (χ0) is 13.4. The molecule has 17 heavy (non-hydrogen) atoms. The van der Waals surface area contributed by atoms with Crippen molar-refractivity contribution in [2.75, 3.05) is 39.6 Å². The largest absolute Gasteiger partial charge is 0.388 e. The van der Waals surface area contributed by atoms with Crippen LogP contribution in [0.4, 0.5) is 0 Å². The van der Waals surface area contributed by atoms with Crippen LogP contribution in [-0.2, 0) is 14.2 Å². The molecule has 0 bridgehead atoms. The highest BCUT2D eigenvalue weighted by Crippen LogP contribution is 1.88. The fourth-order valence-electron chi connectivity index (χ4n) is 0.827. The molecule has 0 saturated carbocycles. The molecule has 0 heterocycles. The van der Waals surface area contributed by atoms with Crippen molar-refractivity contribution < 1.29 is 19.3 Å². The van der Waals surface area contributed by atoms with Crippen LogP contribution in [0.2, 0.25) is 0 Å². The lowest BCUT2D eigenvalue weighted by Gasteiger charge is -2.09. The summed E-state index contributed by atoms with van der Waals surface area (Å²) in [6.45, 7) is 14.1. The summed E-state index contributed by atoms with van der Waals surface area (Å²) in [5.41, 5.74) is 0. The van der Waals surface area contributed by atoms with Crippen LogP contribution >= 0.6 is 0 Å². The first-order valence-electron chi connectivity index (χ1n) is 5.85. The van der Waals surface area contributed by atoms with E-state index in [0.29, 0.717) is 13.2 Å². The third kappa shape index (κ3) is 21.2. The molecule has 0 aliphatic carbocycles. The monoisotopic (exact) mass is 246 g/mol. The molecular formula is C13H26O4. The summed E-state index contributed by atoms with van der Waals surface area (Å²) < 4.78 is 14.8. The van der Waals surface area contributed by atoms with Gasteiger partial charge < -0.3 is 19.3 Å². The third-order valence-corrected chi connectivity index (χ3v) is 1.50. The second-order valence-corrected chi connectivity index (χ2v) is 3.09. The first-order chi connectivity index (χ1) is 8.22.